The van der Waals surface area contributed by atoms with Gasteiger partial charge >= 0.3 is 0 Å². The number of nitrogens with one attached hydrogen (secondary N) is 1. The number of imidazole rings is 1. The Labute approximate surface area is 237 Å². The summed E-state index contributed by atoms with van der Waals surface area (Å²) in [4.78, 5) is 21.5. The molecule has 1 aliphatic heterocycles. The predicted octanol–water partition coefficient (Wildman–Crippen LogP) is 4.86. The normalized spacial score (nSPS) is 16.6. The summed E-state index contributed by atoms with van der Waals surface area (Å²) in [6.07, 6.45) is 1.99. The molecule has 2 aromatic carbocycles. The number of carbonyl (C=O) groups is 1. The predicted molar refractivity (Wildman–Crippen MR) is 157 cm³/mol. The van der Waals surface area contributed by atoms with Crippen LogP contribution in [-0.2, 0) is 18.3 Å². The Balaban J connectivity index is 1.64. The van der Waals surface area contributed by atoms with Crippen molar-refractivity contribution in [3.63, 3.8) is 0 Å². The van der Waals surface area contributed by atoms with Gasteiger partial charge in [-0.1, -0.05) is 81.4 Å². The van der Waals surface area contributed by atoms with Gasteiger partial charge < -0.3 is 19.5 Å². The van der Waals surface area contributed by atoms with Crippen LogP contribution in [0.3, 0.4) is 0 Å². The number of morpholine rings is 1. The Morgan fingerprint density at radius 1 is 1.12 bits per heavy atom. The number of amides is 1. The zero-order chi connectivity index (χ0) is 28.3. The van der Waals surface area contributed by atoms with Crippen LogP contribution < -0.4 is 5.32 Å². The first-order valence-electron chi connectivity index (χ1n) is 14.0. The van der Waals surface area contributed by atoms with Crippen LogP contribution in [-0.4, -0.2) is 62.5 Å². The number of rotatable bonds is 8. The van der Waals surface area contributed by atoms with Gasteiger partial charge in [0.1, 0.15) is 5.82 Å². The van der Waals surface area contributed by atoms with E-state index in [4.69, 9.17) is 9.72 Å². The monoisotopic (exact) mass is 540 g/mol. The number of benzene rings is 2. The third-order valence-electron chi connectivity index (χ3n) is 7.45. The quantitative estimate of drug-likeness (QED) is 0.346. The standard InChI is InChI=1S/C32H40N6O2/c1-23-18-27(35-36(23)5)31(39)38(21-26-19-33-16-17-40-26)29(32(2,3)4)30-34-28(25-14-10-7-11-15-25)22-37(30)20-24-12-8-6-9-13-24/h6-15,18,22,26,29,33H,16-17,19-21H2,1-5H3/t26-,29-/m0/s1. The van der Waals surface area contributed by atoms with E-state index in [-0.39, 0.29) is 23.5 Å². The molecule has 4 aromatic rings. The highest BCUT2D eigenvalue weighted by Gasteiger charge is 2.40. The third kappa shape index (κ3) is 6.18. The van der Waals surface area contributed by atoms with Gasteiger partial charge in [0, 0.05) is 50.7 Å². The van der Waals surface area contributed by atoms with E-state index in [0.29, 0.717) is 31.9 Å². The van der Waals surface area contributed by atoms with Gasteiger partial charge in [0.25, 0.3) is 5.91 Å². The minimum absolute atomic E-state index is 0.117. The van der Waals surface area contributed by atoms with Crippen LogP contribution in [0.2, 0.25) is 0 Å². The molecule has 8 heteroatoms. The summed E-state index contributed by atoms with van der Waals surface area (Å²) < 4.78 is 10.1. The topological polar surface area (TPSA) is 77.2 Å². The van der Waals surface area contributed by atoms with Crippen molar-refractivity contribution >= 4 is 5.91 Å². The number of hydrogen-bond acceptors (Lipinski definition) is 5. The van der Waals surface area contributed by atoms with Gasteiger partial charge in [-0.25, -0.2) is 4.98 Å². The summed E-state index contributed by atoms with van der Waals surface area (Å²) in [5, 5.41) is 7.98. The molecule has 1 amide bonds. The van der Waals surface area contributed by atoms with Crippen LogP contribution in [0.4, 0.5) is 0 Å². The second-order valence-corrected chi connectivity index (χ2v) is 11.7. The Morgan fingerprint density at radius 3 is 2.42 bits per heavy atom. The highest BCUT2D eigenvalue weighted by atomic mass is 16.5. The molecule has 0 radical (unpaired) electrons. The lowest BCUT2D eigenvalue weighted by Crippen LogP contribution is -2.50. The Hall–Kier alpha value is -3.75. The first kappa shape index (κ1) is 27.8. The van der Waals surface area contributed by atoms with Crippen LogP contribution in [0.5, 0.6) is 0 Å². The lowest BCUT2D eigenvalue weighted by molar-refractivity contribution is -0.0142. The van der Waals surface area contributed by atoms with Gasteiger partial charge in [0.15, 0.2) is 5.69 Å². The third-order valence-corrected chi connectivity index (χ3v) is 7.45. The van der Waals surface area contributed by atoms with E-state index >= 15 is 0 Å². The molecule has 1 saturated heterocycles. The molecule has 40 heavy (non-hydrogen) atoms. The van der Waals surface area contributed by atoms with Gasteiger partial charge in [-0.2, -0.15) is 5.10 Å². The van der Waals surface area contributed by atoms with Gasteiger partial charge in [0.05, 0.1) is 24.4 Å². The Kier molecular flexibility index (Phi) is 8.19. The molecular weight excluding hydrogens is 500 g/mol. The Morgan fingerprint density at radius 2 is 1.82 bits per heavy atom. The number of carbonyl (C=O) groups excluding carboxylic acids is 1. The van der Waals surface area contributed by atoms with Crippen molar-refractivity contribution in [2.75, 3.05) is 26.2 Å². The fourth-order valence-corrected chi connectivity index (χ4v) is 5.37. The molecule has 0 saturated carbocycles. The van der Waals surface area contributed by atoms with Crippen LogP contribution in [0, 0.1) is 12.3 Å². The molecule has 0 aliphatic carbocycles. The lowest BCUT2D eigenvalue weighted by Gasteiger charge is -2.41. The largest absolute Gasteiger partial charge is 0.374 e. The molecule has 8 nitrogen and oxygen atoms in total. The molecule has 1 N–H and O–H groups in total. The van der Waals surface area contributed by atoms with Crippen molar-refractivity contribution in [2.45, 2.75) is 46.4 Å². The second-order valence-electron chi connectivity index (χ2n) is 11.7. The minimum atomic E-state index is -0.339. The molecule has 0 spiro atoms. The average Bonchev–Trinajstić information content (AvgIpc) is 3.51. The maximum Gasteiger partial charge on any atom is 0.275 e. The SMILES string of the molecule is Cc1cc(C(=O)N(C[C@@H]2CNCCO2)[C@@H](c2nc(-c3ccccc3)cn2Cc2ccccc2)C(C)(C)C)nn1C. The van der Waals surface area contributed by atoms with Crippen molar-refractivity contribution in [3.05, 3.63) is 95.7 Å². The highest BCUT2D eigenvalue weighted by molar-refractivity contribution is 5.92. The van der Waals surface area contributed by atoms with E-state index < -0.39 is 0 Å². The highest BCUT2D eigenvalue weighted by Crippen LogP contribution is 2.40. The van der Waals surface area contributed by atoms with Crippen molar-refractivity contribution in [1.29, 1.82) is 0 Å². The van der Waals surface area contributed by atoms with Crippen molar-refractivity contribution in [3.8, 4) is 11.3 Å². The fourth-order valence-electron chi connectivity index (χ4n) is 5.37. The smallest absolute Gasteiger partial charge is 0.275 e. The molecule has 1 aliphatic rings. The van der Waals surface area contributed by atoms with Gasteiger partial charge in [-0.15, -0.1) is 0 Å². The maximum atomic E-state index is 14.3. The summed E-state index contributed by atoms with van der Waals surface area (Å²) in [6.45, 7) is 11.7. The average molecular weight is 541 g/mol. The summed E-state index contributed by atoms with van der Waals surface area (Å²) in [5.41, 5.74) is 4.13. The molecule has 1 fully saturated rings. The van der Waals surface area contributed by atoms with Crippen molar-refractivity contribution in [2.24, 2.45) is 12.5 Å². The van der Waals surface area contributed by atoms with E-state index in [1.54, 1.807) is 4.68 Å². The van der Waals surface area contributed by atoms with E-state index in [1.165, 1.54) is 5.56 Å². The number of nitrogens with zero attached hydrogens (tertiary/aromatic N) is 5. The van der Waals surface area contributed by atoms with Crippen molar-refractivity contribution in [1.82, 2.24) is 29.5 Å². The maximum absolute atomic E-state index is 14.3. The molecule has 3 heterocycles. The minimum Gasteiger partial charge on any atom is -0.374 e. The molecule has 0 unspecified atom stereocenters. The molecule has 2 aromatic heterocycles. The van der Waals surface area contributed by atoms with Crippen LogP contribution in [0.1, 0.15) is 54.4 Å². The van der Waals surface area contributed by atoms with Gasteiger partial charge in [-0.3, -0.25) is 9.48 Å². The first-order valence-corrected chi connectivity index (χ1v) is 14.0. The van der Waals surface area contributed by atoms with Crippen LogP contribution in [0.15, 0.2) is 72.9 Å². The molecule has 0 bridgehead atoms. The summed E-state index contributed by atoms with van der Waals surface area (Å²) in [6, 6.07) is 22.1. The van der Waals surface area contributed by atoms with E-state index in [1.807, 2.05) is 49.2 Å². The second kappa shape index (κ2) is 11.8. The fraction of sp³-hybridized carbons (Fsp3) is 0.406. The number of ether oxygens (including phenoxy) is 1. The van der Waals surface area contributed by atoms with Gasteiger partial charge in [0.2, 0.25) is 0 Å². The molecule has 5 rings (SSSR count). The van der Waals surface area contributed by atoms with Crippen LogP contribution in [0.25, 0.3) is 11.3 Å². The summed E-state index contributed by atoms with van der Waals surface area (Å²) in [7, 11) is 1.87. The number of aromatic nitrogens is 4. The van der Waals surface area contributed by atoms with Crippen molar-refractivity contribution < 1.29 is 9.53 Å². The lowest BCUT2D eigenvalue weighted by atomic mass is 9.84. The van der Waals surface area contributed by atoms with E-state index in [2.05, 4.69) is 78.3 Å². The number of hydrogen-bond donors (Lipinski definition) is 1. The summed E-state index contributed by atoms with van der Waals surface area (Å²) >= 11 is 0. The summed E-state index contributed by atoms with van der Waals surface area (Å²) in [5.74, 6) is 0.730. The molecule has 210 valence electrons. The number of aryl methyl sites for hydroxylation is 2. The first-order chi connectivity index (χ1) is 19.2. The zero-order valence-corrected chi connectivity index (χ0v) is 24.2. The van der Waals surface area contributed by atoms with Gasteiger partial charge in [-0.05, 0) is 24.0 Å². The molecule has 2 atom stereocenters. The van der Waals surface area contributed by atoms with Crippen LogP contribution >= 0.6 is 0 Å². The van der Waals surface area contributed by atoms with E-state index in [9.17, 15) is 4.79 Å². The zero-order valence-electron chi connectivity index (χ0n) is 24.2. The molecular formula is C32H40N6O2. The Bertz CT molecular complexity index is 1400. The van der Waals surface area contributed by atoms with E-state index in [0.717, 1.165) is 29.3 Å².